The Kier molecular flexibility index (Phi) is 3.95. The number of aromatic nitrogens is 2. The first-order valence-electron chi connectivity index (χ1n) is 5.75. The Morgan fingerprint density at radius 1 is 1.16 bits per heavy atom. The van der Waals surface area contributed by atoms with E-state index >= 15 is 0 Å². The molecular weight excluding hydrogens is 272 g/mol. The van der Waals surface area contributed by atoms with Crippen LogP contribution >= 0.6 is 11.6 Å². The second-order valence-corrected chi connectivity index (χ2v) is 4.40. The monoisotopic (exact) mass is 283 g/mol. The molecule has 1 N–H and O–H groups in total. The normalized spacial score (nSPS) is 10.6. The van der Waals surface area contributed by atoms with Crippen molar-refractivity contribution in [1.82, 2.24) is 9.97 Å². The van der Waals surface area contributed by atoms with Crippen LogP contribution in [0, 0.1) is 18.6 Å². The van der Waals surface area contributed by atoms with Crippen LogP contribution in [0.2, 0.25) is 5.15 Å². The van der Waals surface area contributed by atoms with Gasteiger partial charge >= 0.3 is 0 Å². The summed E-state index contributed by atoms with van der Waals surface area (Å²) in [5.41, 5.74) is 0.904. The summed E-state index contributed by atoms with van der Waals surface area (Å²) < 4.78 is 26.2. The summed E-state index contributed by atoms with van der Waals surface area (Å²) in [5.74, 6) is -0.302. The number of aryl methyl sites for hydroxylation is 1. The number of benzene rings is 1. The van der Waals surface area contributed by atoms with E-state index in [0.29, 0.717) is 28.8 Å². The first-order valence-corrected chi connectivity index (χ1v) is 6.13. The minimum absolute atomic E-state index is 0.275. The summed E-state index contributed by atoms with van der Waals surface area (Å²) in [5, 5.41) is 3.18. The van der Waals surface area contributed by atoms with E-state index in [-0.39, 0.29) is 5.69 Å². The van der Waals surface area contributed by atoms with Crippen LogP contribution in [0.3, 0.4) is 0 Å². The van der Waals surface area contributed by atoms with Gasteiger partial charge in [0.15, 0.2) is 0 Å². The van der Waals surface area contributed by atoms with Gasteiger partial charge in [-0.15, -0.1) is 0 Å². The topological polar surface area (TPSA) is 37.8 Å². The van der Waals surface area contributed by atoms with Crippen molar-refractivity contribution in [2.24, 2.45) is 0 Å². The van der Waals surface area contributed by atoms with E-state index in [1.54, 1.807) is 6.92 Å². The molecule has 1 heterocycles. The molecule has 0 amide bonds. The molecule has 1 aromatic carbocycles. The fraction of sp³-hybridized carbons (Fsp3) is 0.231. The highest BCUT2D eigenvalue weighted by molar-refractivity contribution is 6.30. The van der Waals surface area contributed by atoms with E-state index in [4.69, 9.17) is 11.6 Å². The third-order valence-electron chi connectivity index (χ3n) is 2.57. The molecule has 19 heavy (non-hydrogen) atoms. The molecule has 100 valence electrons. The van der Waals surface area contributed by atoms with Crippen molar-refractivity contribution in [1.29, 1.82) is 0 Å². The van der Waals surface area contributed by atoms with E-state index < -0.39 is 11.6 Å². The number of anilines is 2. The Hall–Kier alpha value is -1.75. The summed E-state index contributed by atoms with van der Waals surface area (Å²) in [7, 11) is 0. The quantitative estimate of drug-likeness (QED) is 0.865. The van der Waals surface area contributed by atoms with Crippen LogP contribution in [0.5, 0.6) is 0 Å². The van der Waals surface area contributed by atoms with Crippen LogP contribution < -0.4 is 5.32 Å². The second kappa shape index (κ2) is 5.48. The number of nitrogens with zero attached hydrogens (tertiary/aromatic N) is 2. The Bertz CT molecular complexity index is 597. The molecule has 0 unspecified atom stereocenters. The van der Waals surface area contributed by atoms with Gasteiger partial charge in [0.2, 0.25) is 0 Å². The van der Waals surface area contributed by atoms with Crippen molar-refractivity contribution in [2.45, 2.75) is 20.3 Å². The lowest BCUT2D eigenvalue weighted by Gasteiger charge is -2.11. The Balaban J connectivity index is 2.39. The molecule has 0 atom stereocenters. The average molecular weight is 284 g/mol. The van der Waals surface area contributed by atoms with E-state index in [2.05, 4.69) is 15.3 Å². The molecule has 0 saturated heterocycles. The number of halogens is 3. The summed E-state index contributed by atoms with van der Waals surface area (Å²) in [6.07, 6.45) is 0.617. The molecule has 6 heteroatoms. The highest BCUT2D eigenvalue weighted by Crippen LogP contribution is 2.24. The number of rotatable bonds is 3. The molecule has 0 aliphatic rings. The molecule has 3 nitrogen and oxygen atoms in total. The minimum Gasteiger partial charge on any atom is -0.340 e. The predicted molar refractivity (Wildman–Crippen MR) is 70.8 cm³/mol. The molecule has 2 rings (SSSR count). The Morgan fingerprint density at radius 2 is 1.79 bits per heavy atom. The van der Waals surface area contributed by atoms with Crippen LogP contribution in [-0.4, -0.2) is 9.97 Å². The molecule has 2 aromatic rings. The highest BCUT2D eigenvalue weighted by atomic mass is 35.5. The van der Waals surface area contributed by atoms with Crippen molar-refractivity contribution < 1.29 is 8.78 Å². The molecule has 1 aromatic heterocycles. The molecular formula is C13H12ClF2N3. The van der Waals surface area contributed by atoms with Gasteiger partial charge in [-0.3, -0.25) is 0 Å². The predicted octanol–water partition coefficient (Wildman–Crippen LogP) is 4.02. The van der Waals surface area contributed by atoms with Crippen LogP contribution in [0.1, 0.15) is 18.3 Å². The number of hydrogen-bond acceptors (Lipinski definition) is 3. The van der Waals surface area contributed by atoms with Gasteiger partial charge in [-0.05, 0) is 19.1 Å². The van der Waals surface area contributed by atoms with E-state index in [0.717, 1.165) is 6.07 Å². The fourth-order valence-electron chi connectivity index (χ4n) is 1.58. The average Bonchev–Trinajstić information content (AvgIpc) is 2.33. The van der Waals surface area contributed by atoms with Gasteiger partial charge in [-0.2, -0.15) is 0 Å². The maximum Gasteiger partial charge on any atom is 0.138 e. The summed E-state index contributed by atoms with van der Waals surface area (Å²) in [6.45, 7) is 3.63. The lowest BCUT2D eigenvalue weighted by Crippen LogP contribution is -2.03. The van der Waals surface area contributed by atoms with Gasteiger partial charge in [-0.25, -0.2) is 18.7 Å². The van der Waals surface area contributed by atoms with E-state index in [1.165, 1.54) is 12.1 Å². The summed E-state index contributed by atoms with van der Waals surface area (Å²) in [6, 6.07) is 3.18. The van der Waals surface area contributed by atoms with Crippen molar-refractivity contribution >= 4 is 23.1 Å². The number of hydrogen-bond donors (Lipinski definition) is 1. The van der Waals surface area contributed by atoms with E-state index in [1.807, 2.05) is 6.92 Å². The van der Waals surface area contributed by atoms with Crippen LogP contribution in [0.4, 0.5) is 20.3 Å². The van der Waals surface area contributed by atoms with E-state index in [9.17, 15) is 8.78 Å². The highest BCUT2D eigenvalue weighted by Gasteiger charge is 2.10. The van der Waals surface area contributed by atoms with Gasteiger partial charge in [-0.1, -0.05) is 18.5 Å². The zero-order valence-corrected chi connectivity index (χ0v) is 11.2. The summed E-state index contributed by atoms with van der Waals surface area (Å²) in [4.78, 5) is 8.35. The number of nitrogens with one attached hydrogen (secondary N) is 1. The standard InChI is InChI=1S/C13H12ClF2N3/c1-3-11-18-12(14)7(2)13(19-11)17-10-5-8(15)4-9(16)6-10/h4-6H,3H2,1-2H3,(H,17,18,19). The SMILES string of the molecule is CCc1nc(Cl)c(C)c(Nc2cc(F)cc(F)c2)n1. The van der Waals surface area contributed by atoms with Gasteiger partial charge < -0.3 is 5.32 Å². The third-order valence-corrected chi connectivity index (χ3v) is 2.94. The van der Waals surface area contributed by atoms with Crippen molar-refractivity contribution in [3.63, 3.8) is 0 Å². The van der Waals surface area contributed by atoms with Crippen LogP contribution in [-0.2, 0) is 6.42 Å². The Morgan fingerprint density at radius 3 is 2.37 bits per heavy atom. The first kappa shape index (κ1) is 13.7. The first-order chi connectivity index (χ1) is 8.99. The lowest BCUT2D eigenvalue weighted by molar-refractivity contribution is 0.584. The molecule has 0 radical (unpaired) electrons. The van der Waals surface area contributed by atoms with Crippen molar-refractivity contribution in [3.05, 3.63) is 46.4 Å². The zero-order valence-electron chi connectivity index (χ0n) is 10.5. The van der Waals surface area contributed by atoms with Gasteiger partial charge in [0.05, 0.1) is 0 Å². The molecule has 0 bridgehead atoms. The minimum atomic E-state index is -0.656. The molecule has 0 aliphatic heterocycles. The third kappa shape index (κ3) is 3.17. The van der Waals surface area contributed by atoms with Crippen molar-refractivity contribution in [2.75, 3.05) is 5.32 Å². The maximum atomic E-state index is 13.1. The molecule has 0 fully saturated rings. The zero-order chi connectivity index (χ0) is 14.0. The van der Waals surface area contributed by atoms with Gasteiger partial charge in [0.25, 0.3) is 0 Å². The Labute approximate surface area is 114 Å². The van der Waals surface area contributed by atoms with Crippen LogP contribution in [0.15, 0.2) is 18.2 Å². The van der Waals surface area contributed by atoms with Gasteiger partial charge in [0.1, 0.15) is 28.4 Å². The maximum absolute atomic E-state index is 13.1. The summed E-state index contributed by atoms with van der Waals surface area (Å²) >= 11 is 5.99. The largest absolute Gasteiger partial charge is 0.340 e. The van der Waals surface area contributed by atoms with Crippen LogP contribution in [0.25, 0.3) is 0 Å². The van der Waals surface area contributed by atoms with Gasteiger partial charge in [0, 0.05) is 23.7 Å². The molecule has 0 spiro atoms. The molecule has 0 aliphatic carbocycles. The smallest absolute Gasteiger partial charge is 0.138 e. The van der Waals surface area contributed by atoms with Crippen molar-refractivity contribution in [3.8, 4) is 0 Å². The second-order valence-electron chi connectivity index (χ2n) is 4.04. The molecule has 0 saturated carbocycles. The fourth-order valence-corrected chi connectivity index (χ4v) is 1.76. The lowest BCUT2D eigenvalue weighted by atomic mass is 10.2.